The number of piperidine rings is 3. The van der Waals surface area contributed by atoms with Gasteiger partial charge in [-0.2, -0.15) is 0 Å². The third kappa shape index (κ3) is 2.94. The summed E-state index contributed by atoms with van der Waals surface area (Å²) in [4.78, 5) is 19.5. The van der Waals surface area contributed by atoms with Gasteiger partial charge in [-0.1, -0.05) is 18.2 Å². The van der Waals surface area contributed by atoms with Crippen LogP contribution in [0.3, 0.4) is 0 Å². The summed E-state index contributed by atoms with van der Waals surface area (Å²) in [6, 6.07) is 11.8. The average Bonchev–Trinajstić information content (AvgIpc) is 3.43. The summed E-state index contributed by atoms with van der Waals surface area (Å²) in [5, 5.41) is 3.22. The van der Waals surface area contributed by atoms with E-state index in [0.717, 1.165) is 37.1 Å². The van der Waals surface area contributed by atoms with Crippen LogP contribution in [0.15, 0.2) is 57.7 Å². The van der Waals surface area contributed by atoms with Gasteiger partial charge in [-0.25, -0.2) is 4.98 Å². The van der Waals surface area contributed by atoms with Gasteiger partial charge in [0.15, 0.2) is 5.76 Å². The van der Waals surface area contributed by atoms with Gasteiger partial charge in [-0.15, -0.1) is 0 Å². The van der Waals surface area contributed by atoms with Crippen LogP contribution in [-0.4, -0.2) is 41.0 Å². The van der Waals surface area contributed by atoms with E-state index in [1.165, 1.54) is 0 Å². The zero-order valence-electron chi connectivity index (χ0n) is 15.8. The third-order valence-electron chi connectivity index (χ3n) is 6.16. The van der Waals surface area contributed by atoms with E-state index in [2.05, 4.69) is 22.1 Å². The molecule has 1 amide bonds. The van der Waals surface area contributed by atoms with Crippen LogP contribution in [0.5, 0.6) is 0 Å². The Labute approximate surface area is 163 Å². The van der Waals surface area contributed by atoms with Crippen molar-refractivity contribution in [1.82, 2.24) is 15.2 Å². The highest BCUT2D eigenvalue weighted by atomic mass is 16.4. The fraction of sp³-hybridized carbons (Fsp3) is 0.364. The number of benzene rings is 1. The molecule has 0 spiro atoms. The highest BCUT2D eigenvalue weighted by molar-refractivity contribution is 5.92. The molecule has 3 aliphatic heterocycles. The fourth-order valence-corrected chi connectivity index (χ4v) is 4.61. The van der Waals surface area contributed by atoms with Crippen molar-refractivity contribution < 1.29 is 13.6 Å². The van der Waals surface area contributed by atoms with Gasteiger partial charge in [-0.05, 0) is 57.0 Å². The second kappa shape index (κ2) is 6.95. The van der Waals surface area contributed by atoms with E-state index in [-0.39, 0.29) is 11.9 Å². The Morgan fingerprint density at radius 2 is 1.93 bits per heavy atom. The third-order valence-corrected chi connectivity index (χ3v) is 6.16. The Morgan fingerprint density at radius 3 is 2.64 bits per heavy atom. The average molecular weight is 377 g/mol. The highest BCUT2D eigenvalue weighted by Crippen LogP contribution is 2.34. The molecule has 0 saturated carbocycles. The van der Waals surface area contributed by atoms with Gasteiger partial charge < -0.3 is 14.2 Å². The molecule has 3 aromatic rings. The molecule has 3 aliphatic rings. The van der Waals surface area contributed by atoms with E-state index in [1.807, 2.05) is 30.3 Å². The van der Waals surface area contributed by atoms with Crippen LogP contribution in [-0.2, 0) is 0 Å². The smallest absolute Gasteiger partial charge is 0.287 e. The predicted octanol–water partition coefficient (Wildman–Crippen LogP) is 3.81. The first-order valence-corrected chi connectivity index (χ1v) is 9.85. The molecule has 2 aromatic heterocycles. The zero-order valence-corrected chi connectivity index (χ0v) is 15.8. The van der Waals surface area contributed by atoms with Crippen LogP contribution in [0.1, 0.15) is 30.3 Å². The molecule has 6 heteroatoms. The lowest BCUT2D eigenvalue weighted by atomic mass is 9.79. The van der Waals surface area contributed by atoms with Gasteiger partial charge in [0.1, 0.15) is 12.0 Å². The number of furan rings is 1. The Kier molecular flexibility index (Phi) is 4.28. The number of hydrogen-bond acceptors (Lipinski definition) is 5. The fourth-order valence-electron chi connectivity index (χ4n) is 4.61. The van der Waals surface area contributed by atoms with E-state index < -0.39 is 0 Å². The van der Waals surface area contributed by atoms with E-state index in [4.69, 9.17) is 8.83 Å². The molecule has 2 bridgehead atoms. The van der Waals surface area contributed by atoms with Crippen molar-refractivity contribution in [3.05, 3.63) is 54.6 Å². The minimum absolute atomic E-state index is 0.148. The summed E-state index contributed by atoms with van der Waals surface area (Å²) < 4.78 is 11.4. The second-order valence-electron chi connectivity index (χ2n) is 7.66. The Balaban J connectivity index is 1.38. The summed E-state index contributed by atoms with van der Waals surface area (Å²) >= 11 is 0. The molecule has 2 atom stereocenters. The van der Waals surface area contributed by atoms with Crippen LogP contribution < -0.4 is 5.32 Å². The van der Waals surface area contributed by atoms with E-state index in [9.17, 15) is 4.79 Å². The normalized spacial score (nSPS) is 26.3. The van der Waals surface area contributed by atoms with Gasteiger partial charge in [0.2, 0.25) is 5.89 Å². The van der Waals surface area contributed by atoms with Crippen molar-refractivity contribution in [2.24, 2.45) is 5.92 Å². The number of nitrogens with zero attached hydrogens (tertiary/aromatic N) is 2. The van der Waals surface area contributed by atoms with Crippen molar-refractivity contribution in [2.45, 2.75) is 31.8 Å². The Bertz CT molecular complexity index is 969. The molecule has 28 heavy (non-hydrogen) atoms. The standard InChI is InChI=1S/C22H23N3O3/c1-14-20(15-8-11-25(14)12-9-15)24-21(26)19-7-6-18(28-19)16-4-2-3-5-17(16)22-23-10-13-27-22/h2-7,10,13-15,20H,8-9,11-12H2,1H3,(H,24,26)/t14-,20-/m0/s1. The number of oxazole rings is 1. The zero-order chi connectivity index (χ0) is 19.1. The molecule has 6 nitrogen and oxygen atoms in total. The topological polar surface area (TPSA) is 71.5 Å². The first-order chi connectivity index (χ1) is 13.7. The molecule has 1 N–H and O–H groups in total. The van der Waals surface area contributed by atoms with Gasteiger partial charge in [0.05, 0.1) is 6.20 Å². The van der Waals surface area contributed by atoms with Crippen LogP contribution >= 0.6 is 0 Å². The largest absolute Gasteiger partial charge is 0.451 e. The summed E-state index contributed by atoms with van der Waals surface area (Å²) in [5.74, 6) is 1.90. The molecule has 144 valence electrons. The van der Waals surface area contributed by atoms with Gasteiger partial charge in [-0.3, -0.25) is 9.69 Å². The SMILES string of the molecule is C[C@H]1[C@H](NC(=O)c2ccc(-c3ccccc3-c3ncco3)o2)C2CCN1CC2. The first kappa shape index (κ1) is 17.3. The lowest BCUT2D eigenvalue weighted by Crippen LogP contribution is -2.62. The van der Waals surface area contributed by atoms with E-state index in [1.54, 1.807) is 18.5 Å². The Morgan fingerprint density at radius 1 is 1.14 bits per heavy atom. The quantitative estimate of drug-likeness (QED) is 0.748. The molecule has 0 unspecified atom stereocenters. The van der Waals surface area contributed by atoms with Crippen molar-refractivity contribution in [3.8, 4) is 22.8 Å². The molecule has 6 rings (SSSR count). The van der Waals surface area contributed by atoms with Crippen LogP contribution in [0.2, 0.25) is 0 Å². The number of rotatable bonds is 4. The van der Waals surface area contributed by atoms with Crippen molar-refractivity contribution in [3.63, 3.8) is 0 Å². The van der Waals surface area contributed by atoms with Crippen LogP contribution in [0.25, 0.3) is 22.8 Å². The first-order valence-electron chi connectivity index (χ1n) is 9.85. The maximum absolute atomic E-state index is 12.8. The second-order valence-corrected chi connectivity index (χ2v) is 7.66. The number of hydrogen-bond donors (Lipinski definition) is 1. The lowest BCUT2D eigenvalue weighted by Gasteiger charge is -2.49. The summed E-state index contributed by atoms with van der Waals surface area (Å²) in [5.41, 5.74) is 1.68. The van der Waals surface area contributed by atoms with E-state index in [0.29, 0.717) is 29.4 Å². The number of carbonyl (C=O) groups is 1. The van der Waals surface area contributed by atoms with Gasteiger partial charge >= 0.3 is 0 Å². The molecular weight excluding hydrogens is 354 g/mol. The highest BCUT2D eigenvalue weighted by Gasteiger charge is 2.40. The minimum atomic E-state index is -0.148. The number of aromatic nitrogens is 1. The van der Waals surface area contributed by atoms with Crippen LogP contribution in [0.4, 0.5) is 0 Å². The number of carbonyl (C=O) groups excluding carboxylic acids is 1. The maximum atomic E-state index is 12.8. The molecule has 0 aliphatic carbocycles. The number of fused-ring (bicyclic) bond motifs is 3. The molecule has 5 heterocycles. The maximum Gasteiger partial charge on any atom is 0.287 e. The molecule has 3 fully saturated rings. The summed E-state index contributed by atoms with van der Waals surface area (Å²) in [6.45, 7) is 4.48. The Hall–Kier alpha value is -2.86. The van der Waals surface area contributed by atoms with Crippen molar-refractivity contribution in [2.75, 3.05) is 13.1 Å². The number of nitrogens with one attached hydrogen (secondary N) is 1. The van der Waals surface area contributed by atoms with Gasteiger partial charge in [0, 0.05) is 23.2 Å². The number of amides is 1. The minimum Gasteiger partial charge on any atom is -0.451 e. The van der Waals surface area contributed by atoms with Gasteiger partial charge in [0.25, 0.3) is 5.91 Å². The van der Waals surface area contributed by atoms with Crippen LogP contribution in [0, 0.1) is 5.92 Å². The predicted molar refractivity (Wildman–Crippen MR) is 105 cm³/mol. The lowest BCUT2D eigenvalue weighted by molar-refractivity contribution is 0.0211. The summed E-state index contributed by atoms with van der Waals surface area (Å²) in [7, 11) is 0. The molecule has 3 saturated heterocycles. The molecular formula is C22H23N3O3. The van der Waals surface area contributed by atoms with Crippen molar-refractivity contribution in [1.29, 1.82) is 0 Å². The van der Waals surface area contributed by atoms with E-state index >= 15 is 0 Å². The molecule has 1 aromatic carbocycles. The summed E-state index contributed by atoms with van der Waals surface area (Å²) in [6.07, 6.45) is 5.47. The van der Waals surface area contributed by atoms with Crippen molar-refractivity contribution >= 4 is 5.91 Å². The molecule has 0 radical (unpaired) electrons. The monoisotopic (exact) mass is 377 g/mol.